The molecule has 0 aromatic rings. The monoisotopic (exact) mass is 419 g/mol. The average molecular weight is 420 g/mol. The molecule has 5 atom stereocenters. The third-order valence-electron chi connectivity index (χ3n) is 6.72. The summed E-state index contributed by atoms with van der Waals surface area (Å²) >= 11 is 0. The standard InChI is InChI=1S/C21H33N5O4/c1-13-7-23(13)18(27)6-5-17(21(30)26-10-16(26)4)22(11-19(28)24-8-14(24)2)12-20(29)25-9-15(25)3/h13-17H,5-12H2,1-4H3. The summed E-state index contributed by atoms with van der Waals surface area (Å²) < 4.78 is 0. The number of carbonyl (C=O) groups is 4. The summed E-state index contributed by atoms with van der Waals surface area (Å²) in [7, 11) is 0. The fraction of sp³-hybridized carbons (Fsp3) is 0.810. The summed E-state index contributed by atoms with van der Waals surface area (Å²) in [5.41, 5.74) is 0. The molecule has 4 rings (SSSR count). The Labute approximate surface area is 177 Å². The number of amides is 4. The van der Waals surface area contributed by atoms with Crippen LogP contribution >= 0.6 is 0 Å². The van der Waals surface area contributed by atoms with Gasteiger partial charge in [-0.25, -0.2) is 0 Å². The highest BCUT2D eigenvalue weighted by atomic mass is 16.2. The average Bonchev–Trinajstić information content (AvgIpc) is 3.45. The van der Waals surface area contributed by atoms with Gasteiger partial charge in [0.15, 0.2) is 0 Å². The van der Waals surface area contributed by atoms with Crippen molar-refractivity contribution in [2.24, 2.45) is 0 Å². The van der Waals surface area contributed by atoms with E-state index in [9.17, 15) is 19.2 Å². The Morgan fingerprint density at radius 3 is 1.43 bits per heavy atom. The Morgan fingerprint density at radius 2 is 1.07 bits per heavy atom. The van der Waals surface area contributed by atoms with Gasteiger partial charge >= 0.3 is 0 Å². The number of hydrogen-bond acceptors (Lipinski definition) is 5. The quantitative estimate of drug-likeness (QED) is 0.464. The molecule has 4 heterocycles. The van der Waals surface area contributed by atoms with Crippen LogP contribution in [0, 0.1) is 0 Å². The van der Waals surface area contributed by atoms with Gasteiger partial charge in [0.1, 0.15) is 0 Å². The van der Waals surface area contributed by atoms with Gasteiger partial charge in [-0.05, 0) is 34.1 Å². The molecular formula is C21H33N5O4. The second-order valence-electron chi connectivity index (χ2n) is 9.48. The predicted octanol–water partition coefficient (Wildman–Crippen LogP) is -0.640. The van der Waals surface area contributed by atoms with Crippen LogP contribution in [-0.2, 0) is 19.2 Å². The molecule has 4 fully saturated rings. The number of hydrogen-bond donors (Lipinski definition) is 0. The van der Waals surface area contributed by atoms with Crippen molar-refractivity contribution in [2.45, 2.75) is 70.7 Å². The van der Waals surface area contributed by atoms with E-state index >= 15 is 0 Å². The van der Waals surface area contributed by atoms with Crippen LogP contribution in [0.5, 0.6) is 0 Å². The molecule has 5 unspecified atom stereocenters. The van der Waals surface area contributed by atoms with Crippen molar-refractivity contribution in [3.8, 4) is 0 Å². The maximum absolute atomic E-state index is 13.2. The van der Waals surface area contributed by atoms with Crippen LogP contribution in [0.15, 0.2) is 0 Å². The van der Waals surface area contributed by atoms with Crippen molar-refractivity contribution in [2.75, 3.05) is 39.3 Å². The summed E-state index contributed by atoms with van der Waals surface area (Å²) in [6.45, 7) is 10.9. The Morgan fingerprint density at radius 1 is 0.700 bits per heavy atom. The molecule has 4 aliphatic rings. The van der Waals surface area contributed by atoms with Gasteiger partial charge in [0.2, 0.25) is 23.6 Å². The van der Waals surface area contributed by atoms with Gasteiger partial charge in [-0.3, -0.25) is 24.1 Å². The van der Waals surface area contributed by atoms with Gasteiger partial charge < -0.3 is 19.6 Å². The van der Waals surface area contributed by atoms with E-state index in [4.69, 9.17) is 0 Å². The molecular weight excluding hydrogens is 386 g/mol. The Balaban J connectivity index is 1.47. The lowest BCUT2D eigenvalue weighted by Gasteiger charge is -2.30. The van der Waals surface area contributed by atoms with Crippen LogP contribution < -0.4 is 0 Å². The molecule has 30 heavy (non-hydrogen) atoms. The molecule has 4 aliphatic heterocycles. The molecule has 0 aromatic heterocycles. The Bertz CT molecular complexity index is 728. The fourth-order valence-electron chi connectivity index (χ4n) is 4.16. The zero-order valence-electron chi connectivity index (χ0n) is 18.4. The summed E-state index contributed by atoms with van der Waals surface area (Å²) in [6.07, 6.45) is 0.581. The van der Waals surface area contributed by atoms with Crippen molar-refractivity contribution < 1.29 is 19.2 Å². The highest BCUT2D eigenvalue weighted by Crippen LogP contribution is 2.26. The number of nitrogens with zero attached hydrogens (tertiary/aromatic N) is 5. The fourth-order valence-corrected chi connectivity index (χ4v) is 4.16. The first-order valence-corrected chi connectivity index (χ1v) is 11.1. The Hall–Kier alpha value is -2.16. The number of rotatable bonds is 9. The van der Waals surface area contributed by atoms with Crippen molar-refractivity contribution in [3.63, 3.8) is 0 Å². The first kappa shape index (κ1) is 21.1. The minimum Gasteiger partial charge on any atom is -0.336 e. The molecule has 9 heteroatoms. The van der Waals surface area contributed by atoms with Crippen LogP contribution in [0.4, 0.5) is 0 Å². The van der Waals surface area contributed by atoms with E-state index in [1.807, 2.05) is 27.7 Å². The molecule has 9 nitrogen and oxygen atoms in total. The van der Waals surface area contributed by atoms with Crippen molar-refractivity contribution in [1.82, 2.24) is 24.5 Å². The van der Waals surface area contributed by atoms with E-state index < -0.39 is 6.04 Å². The lowest BCUT2D eigenvalue weighted by atomic mass is 10.1. The summed E-state index contributed by atoms with van der Waals surface area (Å²) in [5, 5.41) is 0. The molecule has 0 spiro atoms. The predicted molar refractivity (Wildman–Crippen MR) is 109 cm³/mol. The molecule has 0 bridgehead atoms. The molecule has 4 saturated heterocycles. The topological polar surface area (TPSA) is 83.6 Å². The summed E-state index contributed by atoms with van der Waals surface area (Å²) in [5.74, 6) is -0.156. The van der Waals surface area contributed by atoms with Gasteiger partial charge in [-0.1, -0.05) is 0 Å². The van der Waals surface area contributed by atoms with E-state index in [1.165, 1.54) is 0 Å². The van der Waals surface area contributed by atoms with Gasteiger partial charge in [-0.15, -0.1) is 0 Å². The molecule has 166 valence electrons. The maximum atomic E-state index is 13.2. The van der Waals surface area contributed by atoms with E-state index in [-0.39, 0.29) is 67.3 Å². The minimum atomic E-state index is -0.632. The van der Waals surface area contributed by atoms with Crippen molar-refractivity contribution in [3.05, 3.63) is 0 Å². The third kappa shape index (κ3) is 4.61. The maximum Gasteiger partial charge on any atom is 0.240 e. The van der Waals surface area contributed by atoms with Crippen LogP contribution in [0.2, 0.25) is 0 Å². The second-order valence-corrected chi connectivity index (χ2v) is 9.48. The van der Waals surface area contributed by atoms with E-state index in [2.05, 4.69) is 0 Å². The van der Waals surface area contributed by atoms with E-state index in [0.29, 0.717) is 13.0 Å². The SMILES string of the molecule is CC1CN1C(=O)CCC(C(=O)N1CC1C)N(CC(=O)N1CC1C)CC(=O)N1CC1C. The molecule has 0 radical (unpaired) electrons. The highest BCUT2D eigenvalue weighted by Gasteiger charge is 2.44. The van der Waals surface area contributed by atoms with Crippen molar-refractivity contribution >= 4 is 23.6 Å². The lowest BCUT2D eigenvalue weighted by molar-refractivity contribution is -0.137. The van der Waals surface area contributed by atoms with E-state index in [0.717, 1.165) is 19.6 Å². The second kappa shape index (κ2) is 7.83. The summed E-state index contributed by atoms with van der Waals surface area (Å²) in [4.78, 5) is 59.8. The minimum absolute atomic E-state index is 0.0330. The van der Waals surface area contributed by atoms with Crippen LogP contribution in [0.3, 0.4) is 0 Å². The van der Waals surface area contributed by atoms with Gasteiger partial charge in [0, 0.05) is 56.8 Å². The largest absolute Gasteiger partial charge is 0.336 e. The first-order valence-electron chi connectivity index (χ1n) is 11.1. The third-order valence-corrected chi connectivity index (χ3v) is 6.72. The Kier molecular flexibility index (Phi) is 5.50. The van der Waals surface area contributed by atoms with Gasteiger partial charge in [-0.2, -0.15) is 0 Å². The van der Waals surface area contributed by atoms with Crippen LogP contribution in [-0.4, -0.2) is 118 Å². The smallest absolute Gasteiger partial charge is 0.240 e. The first-order chi connectivity index (χ1) is 14.2. The molecule has 0 aliphatic carbocycles. The molecule has 4 amide bonds. The molecule has 0 aromatic carbocycles. The molecule has 0 N–H and O–H groups in total. The van der Waals surface area contributed by atoms with Crippen LogP contribution in [0.1, 0.15) is 40.5 Å². The van der Waals surface area contributed by atoms with Gasteiger partial charge in [0.05, 0.1) is 19.1 Å². The highest BCUT2D eigenvalue weighted by molar-refractivity contribution is 5.89. The zero-order chi connectivity index (χ0) is 21.7. The van der Waals surface area contributed by atoms with E-state index in [1.54, 1.807) is 24.5 Å². The van der Waals surface area contributed by atoms with Gasteiger partial charge in [0.25, 0.3) is 0 Å². The van der Waals surface area contributed by atoms with Crippen molar-refractivity contribution in [1.29, 1.82) is 0 Å². The summed E-state index contributed by atoms with van der Waals surface area (Å²) in [6, 6.07) is 0.248. The zero-order valence-corrected chi connectivity index (χ0v) is 18.4. The lowest BCUT2D eigenvalue weighted by Crippen LogP contribution is -2.50. The number of carbonyl (C=O) groups excluding carboxylic acids is 4. The van der Waals surface area contributed by atoms with Crippen LogP contribution in [0.25, 0.3) is 0 Å². The normalized spacial score (nSPS) is 29.8. The molecule has 0 saturated carbocycles.